The summed E-state index contributed by atoms with van der Waals surface area (Å²) in [5, 5.41) is 3.10. The van der Waals surface area contributed by atoms with E-state index in [1.807, 2.05) is 18.2 Å². The second-order valence-electron chi connectivity index (χ2n) is 7.00. The van der Waals surface area contributed by atoms with E-state index in [0.717, 1.165) is 22.7 Å². The molecule has 1 amide bonds. The van der Waals surface area contributed by atoms with Crippen molar-refractivity contribution in [1.82, 2.24) is 0 Å². The number of rotatable bonds is 8. The number of sulfonamides is 1. The van der Waals surface area contributed by atoms with E-state index in [2.05, 4.69) is 5.32 Å². The summed E-state index contributed by atoms with van der Waals surface area (Å²) in [5.74, 6) is -0.193. The predicted molar refractivity (Wildman–Crippen MR) is 124 cm³/mol. The van der Waals surface area contributed by atoms with Crippen LogP contribution in [0.2, 0.25) is 5.02 Å². The molecule has 0 saturated heterocycles. The normalized spacial score (nSPS) is 12.1. The topological polar surface area (TPSA) is 75.7 Å². The van der Waals surface area contributed by atoms with Crippen molar-refractivity contribution in [2.75, 3.05) is 15.9 Å². The van der Waals surface area contributed by atoms with Crippen LogP contribution in [0.5, 0.6) is 11.5 Å². The zero-order valence-corrected chi connectivity index (χ0v) is 19.0. The summed E-state index contributed by atoms with van der Waals surface area (Å²) in [7, 11) is -3.85. The molecule has 0 bridgehead atoms. The van der Waals surface area contributed by atoms with Crippen LogP contribution in [0.15, 0.2) is 72.8 Å². The van der Waals surface area contributed by atoms with Gasteiger partial charge in [-0.1, -0.05) is 36.7 Å². The Kier molecular flexibility index (Phi) is 7.37. The molecule has 3 aromatic rings. The zero-order chi connectivity index (χ0) is 23.3. The SMILES string of the molecule is CC[C@H](C(=O)Nc1cc(Cl)ccc1Oc1ccccc1)N(c1ccc(F)cc1)S(C)(=O)=O. The van der Waals surface area contributed by atoms with Gasteiger partial charge in [-0.15, -0.1) is 0 Å². The van der Waals surface area contributed by atoms with Crippen LogP contribution in [0, 0.1) is 5.82 Å². The van der Waals surface area contributed by atoms with Gasteiger partial charge in [0.25, 0.3) is 0 Å². The fraction of sp³-hybridized carbons (Fsp3) is 0.174. The van der Waals surface area contributed by atoms with Gasteiger partial charge in [0.1, 0.15) is 17.6 Å². The number of hydrogen-bond donors (Lipinski definition) is 1. The Labute approximate surface area is 191 Å². The van der Waals surface area contributed by atoms with Gasteiger partial charge < -0.3 is 10.1 Å². The van der Waals surface area contributed by atoms with E-state index in [1.165, 1.54) is 18.2 Å². The van der Waals surface area contributed by atoms with Crippen molar-refractivity contribution in [3.05, 3.63) is 83.6 Å². The zero-order valence-electron chi connectivity index (χ0n) is 17.5. The monoisotopic (exact) mass is 476 g/mol. The molecule has 1 N–H and O–H groups in total. The van der Waals surface area contributed by atoms with E-state index in [1.54, 1.807) is 31.2 Å². The molecule has 0 heterocycles. The summed E-state index contributed by atoms with van der Waals surface area (Å²) in [6, 6.07) is 17.6. The molecule has 0 aromatic heterocycles. The lowest BCUT2D eigenvalue weighted by Gasteiger charge is -2.30. The van der Waals surface area contributed by atoms with E-state index < -0.39 is 27.8 Å². The quantitative estimate of drug-likeness (QED) is 0.468. The molecule has 0 aliphatic rings. The number of anilines is 2. The molecule has 32 heavy (non-hydrogen) atoms. The first-order valence-electron chi connectivity index (χ1n) is 9.77. The number of hydrogen-bond acceptors (Lipinski definition) is 4. The van der Waals surface area contributed by atoms with Gasteiger partial charge >= 0.3 is 0 Å². The van der Waals surface area contributed by atoms with Crippen molar-refractivity contribution in [3.8, 4) is 11.5 Å². The highest BCUT2D eigenvalue weighted by Gasteiger charge is 2.32. The first-order chi connectivity index (χ1) is 15.2. The highest BCUT2D eigenvalue weighted by Crippen LogP contribution is 2.33. The number of ether oxygens (including phenoxy) is 1. The minimum atomic E-state index is -3.85. The first kappa shape index (κ1) is 23.6. The fourth-order valence-corrected chi connectivity index (χ4v) is 4.55. The summed E-state index contributed by atoms with van der Waals surface area (Å²) in [5.41, 5.74) is 0.472. The largest absolute Gasteiger partial charge is 0.455 e. The van der Waals surface area contributed by atoms with Crippen molar-refractivity contribution in [2.45, 2.75) is 19.4 Å². The Balaban J connectivity index is 1.93. The molecule has 3 aromatic carbocycles. The minimum Gasteiger partial charge on any atom is -0.455 e. The standard InChI is InChI=1S/C23H22ClFN2O4S/c1-3-21(27(32(2,29)30)18-12-10-17(25)11-13-18)23(28)26-20-15-16(24)9-14-22(20)31-19-7-5-4-6-8-19/h4-15,21H,3H2,1-2H3,(H,26,28)/t21-/m1/s1. The Morgan fingerprint density at radius 2 is 1.75 bits per heavy atom. The molecule has 6 nitrogen and oxygen atoms in total. The number of amides is 1. The lowest BCUT2D eigenvalue weighted by Crippen LogP contribution is -2.47. The van der Waals surface area contributed by atoms with Gasteiger partial charge in [0.2, 0.25) is 15.9 Å². The molecule has 0 aliphatic heterocycles. The van der Waals surface area contributed by atoms with Gasteiger partial charge in [0, 0.05) is 5.02 Å². The lowest BCUT2D eigenvalue weighted by atomic mass is 10.1. The molecule has 0 radical (unpaired) electrons. The summed E-state index contributed by atoms with van der Waals surface area (Å²) < 4.78 is 45.3. The maximum atomic E-state index is 13.4. The van der Waals surface area contributed by atoms with Crippen LogP contribution in [0.1, 0.15) is 13.3 Å². The molecular formula is C23H22ClFN2O4S. The number of nitrogens with one attached hydrogen (secondary N) is 1. The lowest BCUT2D eigenvalue weighted by molar-refractivity contribution is -0.117. The van der Waals surface area contributed by atoms with Gasteiger partial charge in [-0.05, 0) is 61.0 Å². The van der Waals surface area contributed by atoms with Crippen molar-refractivity contribution in [2.24, 2.45) is 0 Å². The highest BCUT2D eigenvalue weighted by molar-refractivity contribution is 7.92. The van der Waals surface area contributed by atoms with E-state index in [4.69, 9.17) is 16.3 Å². The van der Waals surface area contributed by atoms with Gasteiger partial charge in [-0.25, -0.2) is 12.8 Å². The molecule has 168 valence electrons. The third-order valence-corrected chi connectivity index (χ3v) is 6.00. The molecule has 0 aliphatic carbocycles. The number of carbonyl (C=O) groups is 1. The average Bonchev–Trinajstić information content (AvgIpc) is 2.74. The molecule has 0 saturated carbocycles. The van der Waals surface area contributed by atoms with Gasteiger partial charge in [0.15, 0.2) is 5.75 Å². The van der Waals surface area contributed by atoms with Crippen LogP contribution < -0.4 is 14.4 Å². The van der Waals surface area contributed by atoms with Crippen LogP contribution in [0.4, 0.5) is 15.8 Å². The van der Waals surface area contributed by atoms with Crippen LogP contribution in [-0.4, -0.2) is 26.6 Å². The Morgan fingerprint density at radius 3 is 2.34 bits per heavy atom. The van der Waals surface area contributed by atoms with E-state index in [0.29, 0.717) is 16.5 Å². The van der Waals surface area contributed by atoms with Crippen molar-refractivity contribution in [3.63, 3.8) is 0 Å². The average molecular weight is 477 g/mol. The summed E-state index contributed by atoms with van der Waals surface area (Å²) >= 11 is 6.11. The predicted octanol–water partition coefficient (Wildman–Crippen LogP) is 5.45. The molecular weight excluding hydrogens is 455 g/mol. The van der Waals surface area contributed by atoms with Crippen LogP contribution in [-0.2, 0) is 14.8 Å². The van der Waals surface area contributed by atoms with E-state index in [-0.39, 0.29) is 17.8 Å². The Hall–Kier alpha value is -3.10. The molecule has 1 atom stereocenters. The van der Waals surface area contributed by atoms with Crippen molar-refractivity contribution in [1.29, 1.82) is 0 Å². The van der Waals surface area contributed by atoms with E-state index >= 15 is 0 Å². The van der Waals surface area contributed by atoms with Gasteiger partial charge in [0.05, 0.1) is 17.6 Å². The highest BCUT2D eigenvalue weighted by atomic mass is 35.5. The Morgan fingerprint density at radius 1 is 1.09 bits per heavy atom. The fourth-order valence-electron chi connectivity index (χ4n) is 3.17. The first-order valence-corrected chi connectivity index (χ1v) is 12.0. The second-order valence-corrected chi connectivity index (χ2v) is 9.30. The third-order valence-electron chi connectivity index (χ3n) is 4.58. The summed E-state index contributed by atoms with van der Waals surface area (Å²) in [6.07, 6.45) is 1.17. The number of benzene rings is 3. The minimum absolute atomic E-state index is 0.172. The van der Waals surface area contributed by atoms with Gasteiger partial charge in [-0.2, -0.15) is 0 Å². The summed E-state index contributed by atoms with van der Waals surface area (Å²) in [4.78, 5) is 13.2. The maximum absolute atomic E-state index is 13.4. The van der Waals surface area contributed by atoms with E-state index in [9.17, 15) is 17.6 Å². The smallest absolute Gasteiger partial charge is 0.248 e. The molecule has 9 heteroatoms. The van der Waals surface area contributed by atoms with Crippen molar-refractivity contribution < 1.29 is 22.3 Å². The summed E-state index contributed by atoms with van der Waals surface area (Å²) in [6.45, 7) is 1.69. The third kappa shape index (κ3) is 5.77. The van der Waals surface area contributed by atoms with Crippen LogP contribution >= 0.6 is 11.6 Å². The van der Waals surface area contributed by atoms with Crippen LogP contribution in [0.25, 0.3) is 0 Å². The number of halogens is 2. The molecule has 0 spiro atoms. The number of para-hydroxylation sites is 1. The second kappa shape index (κ2) is 10.0. The number of nitrogens with zero attached hydrogens (tertiary/aromatic N) is 1. The van der Waals surface area contributed by atoms with Crippen LogP contribution in [0.3, 0.4) is 0 Å². The van der Waals surface area contributed by atoms with Gasteiger partial charge in [-0.3, -0.25) is 9.10 Å². The van der Waals surface area contributed by atoms with Crippen molar-refractivity contribution >= 4 is 38.9 Å². The number of carbonyl (C=O) groups excluding carboxylic acids is 1. The molecule has 0 unspecified atom stereocenters. The molecule has 0 fully saturated rings. The molecule has 3 rings (SSSR count). The Bertz CT molecular complexity index is 1190. The maximum Gasteiger partial charge on any atom is 0.248 e.